The van der Waals surface area contributed by atoms with Crippen LogP contribution in [0.5, 0.6) is 5.75 Å². The van der Waals surface area contributed by atoms with Gasteiger partial charge in [0, 0.05) is 11.4 Å². The molecule has 0 saturated carbocycles. The van der Waals surface area contributed by atoms with E-state index in [0.29, 0.717) is 11.3 Å². The van der Waals surface area contributed by atoms with Crippen molar-refractivity contribution in [2.75, 3.05) is 23.8 Å². The number of rotatable bonds is 8. The highest BCUT2D eigenvalue weighted by molar-refractivity contribution is 7.92. The Morgan fingerprint density at radius 1 is 1.09 bits per heavy atom. The molecule has 3 rings (SSSR count). The van der Waals surface area contributed by atoms with E-state index in [2.05, 4.69) is 15.0 Å². The van der Waals surface area contributed by atoms with E-state index in [-0.39, 0.29) is 39.9 Å². The van der Waals surface area contributed by atoms with Gasteiger partial charge in [-0.1, -0.05) is 0 Å². The number of nitrogens with one attached hydrogen (secondary N) is 3. The summed E-state index contributed by atoms with van der Waals surface area (Å²) in [4.78, 5) is 27.8. The molecule has 3 aromatic rings. The molecule has 180 valence electrons. The van der Waals surface area contributed by atoms with Crippen molar-refractivity contribution in [1.29, 1.82) is 0 Å². The molecule has 11 heteroatoms. The van der Waals surface area contributed by atoms with Gasteiger partial charge in [0.05, 0.1) is 29.9 Å². The molecule has 0 atom stereocenters. The molecule has 1 heterocycles. The summed E-state index contributed by atoms with van der Waals surface area (Å²) in [6, 6.07) is 8.73. The van der Waals surface area contributed by atoms with E-state index in [4.69, 9.17) is 9.47 Å². The Balaban J connectivity index is 1.88. The van der Waals surface area contributed by atoms with Gasteiger partial charge in [0.1, 0.15) is 17.3 Å². The lowest BCUT2D eigenvalue weighted by Gasteiger charge is -2.14. The third-order valence-corrected chi connectivity index (χ3v) is 6.35. The average molecular weight is 490 g/mol. The molecule has 9 nitrogen and oxygen atoms in total. The first-order valence-electron chi connectivity index (χ1n) is 10.2. The molecular weight excluding hydrogens is 465 g/mol. The fourth-order valence-electron chi connectivity index (χ4n) is 3.36. The summed E-state index contributed by atoms with van der Waals surface area (Å²) in [6.07, 6.45) is 0. The minimum absolute atomic E-state index is 0.0659. The van der Waals surface area contributed by atoms with E-state index in [1.165, 1.54) is 25.3 Å². The van der Waals surface area contributed by atoms with Crippen molar-refractivity contribution in [2.24, 2.45) is 0 Å². The van der Waals surface area contributed by atoms with Crippen molar-refractivity contribution in [3.63, 3.8) is 0 Å². The van der Waals surface area contributed by atoms with Crippen LogP contribution < -0.4 is 14.8 Å². The number of hydrogen-bond acceptors (Lipinski definition) is 6. The number of aryl methyl sites for hydroxylation is 1. The van der Waals surface area contributed by atoms with Gasteiger partial charge >= 0.3 is 5.97 Å². The highest BCUT2D eigenvalue weighted by Gasteiger charge is 2.23. The number of methoxy groups -OCH3 is 1. The number of carbonyl (C=O) groups is 2. The maximum Gasteiger partial charge on any atom is 0.340 e. The molecule has 2 aromatic carbocycles. The number of ether oxygens (including phenoxy) is 2. The number of hydrogen-bond donors (Lipinski definition) is 3. The minimum atomic E-state index is -4.05. The standard InChI is InChI=1S/C23H24FN3O6S/c1-5-33-23(29)20-13(2)21(25-14(20)3)22(28)26-16-8-11-19(32-4)18(12-16)27-34(30,31)17-9-6-15(24)7-10-17/h6-12,25,27H,5H2,1-4H3,(H,26,28). The fraction of sp³-hybridized carbons (Fsp3) is 0.217. The summed E-state index contributed by atoms with van der Waals surface area (Å²) < 4.78 is 51.2. The maximum absolute atomic E-state index is 13.2. The molecule has 0 aliphatic carbocycles. The second-order valence-electron chi connectivity index (χ2n) is 7.27. The number of aromatic nitrogens is 1. The highest BCUT2D eigenvalue weighted by atomic mass is 32.2. The zero-order chi connectivity index (χ0) is 25.0. The molecule has 34 heavy (non-hydrogen) atoms. The van der Waals surface area contributed by atoms with Gasteiger partial charge in [0.25, 0.3) is 15.9 Å². The number of H-pyrrole nitrogens is 1. The summed E-state index contributed by atoms with van der Waals surface area (Å²) in [7, 11) is -2.68. The van der Waals surface area contributed by atoms with E-state index >= 15 is 0 Å². The van der Waals surface area contributed by atoms with Gasteiger partial charge in [-0.25, -0.2) is 17.6 Å². The molecule has 3 N–H and O–H groups in total. The van der Waals surface area contributed by atoms with Gasteiger partial charge in [-0.3, -0.25) is 9.52 Å². The van der Waals surface area contributed by atoms with E-state index in [0.717, 1.165) is 24.3 Å². The number of benzene rings is 2. The Bertz CT molecular complexity index is 1330. The third kappa shape index (κ3) is 5.20. The van der Waals surface area contributed by atoms with Crippen LogP contribution >= 0.6 is 0 Å². The number of sulfonamides is 1. The van der Waals surface area contributed by atoms with Crippen LogP contribution in [0.25, 0.3) is 0 Å². The summed E-state index contributed by atoms with van der Waals surface area (Å²) in [5.74, 6) is -1.43. The smallest absolute Gasteiger partial charge is 0.340 e. The quantitative estimate of drug-likeness (QED) is 0.411. The van der Waals surface area contributed by atoms with Crippen LogP contribution in [-0.4, -0.2) is 39.0 Å². The predicted molar refractivity (Wildman–Crippen MR) is 124 cm³/mol. The molecule has 0 unspecified atom stereocenters. The summed E-state index contributed by atoms with van der Waals surface area (Å²) in [5, 5.41) is 2.67. The molecule has 0 aliphatic rings. The summed E-state index contributed by atoms with van der Waals surface area (Å²) in [5.41, 5.74) is 1.71. The van der Waals surface area contributed by atoms with E-state index in [9.17, 15) is 22.4 Å². The molecule has 0 saturated heterocycles. The van der Waals surface area contributed by atoms with Crippen molar-refractivity contribution in [1.82, 2.24) is 4.98 Å². The van der Waals surface area contributed by atoms with Crippen LogP contribution in [0.3, 0.4) is 0 Å². The molecule has 0 fully saturated rings. The van der Waals surface area contributed by atoms with Crippen LogP contribution in [0.1, 0.15) is 39.0 Å². The van der Waals surface area contributed by atoms with Crippen molar-refractivity contribution in [3.8, 4) is 5.75 Å². The Kier molecular flexibility index (Phi) is 7.26. The Hall–Kier alpha value is -3.86. The van der Waals surface area contributed by atoms with Crippen LogP contribution in [0.15, 0.2) is 47.4 Å². The third-order valence-electron chi connectivity index (χ3n) is 4.97. The predicted octanol–water partition coefficient (Wildman–Crippen LogP) is 4.01. The molecule has 1 aromatic heterocycles. The topological polar surface area (TPSA) is 127 Å². The number of halogens is 1. The van der Waals surface area contributed by atoms with Gasteiger partial charge in [-0.2, -0.15) is 0 Å². The van der Waals surface area contributed by atoms with Crippen molar-refractivity contribution < 1.29 is 31.9 Å². The second-order valence-corrected chi connectivity index (χ2v) is 8.96. The van der Waals surface area contributed by atoms with Crippen molar-refractivity contribution in [3.05, 3.63) is 70.8 Å². The first-order chi connectivity index (χ1) is 16.1. The minimum Gasteiger partial charge on any atom is -0.495 e. The highest BCUT2D eigenvalue weighted by Crippen LogP contribution is 2.30. The lowest BCUT2D eigenvalue weighted by atomic mass is 10.1. The Labute approximate surface area is 196 Å². The summed E-state index contributed by atoms with van der Waals surface area (Å²) in [6.45, 7) is 5.17. The van der Waals surface area contributed by atoms with E-state index in [1.54, 1.807) is 20.8 Å². The van der Waals surface area contributed by atoms with Gasteiger partial charge in [-0.05, 0) is 68.8 Å². The van der Waals surface area contributed by atoms with E-state index < -0.39 is 27.7 Å². The number of anilines is 2. The molecular formula is C23H24FN3O6S. The number of esters is 1. The van der Waals surface area contributed by atoms with Crippen LogP contribution in [0, 0.1) is 19.7 Å². The lowest BCUT2D eigenvalue weighted by molar-refractivity contribution is 0.0525. The average Bonchev–Trinajstić information content (AvgIpc) is 3.08. The van der Waals surface area contributed by atoms with Gasteiger partial charge in [0.2, 0.25) is 0 Å². The summed E-state index contributed by atoms with van der Waals surface area (Å²) >= 11 is 0. The molecule has 0 aliphatic heterocycles. The first-order valence-corrected chi connectivity index (χ1v) is 11.7. The largest absolute Gasteiger partial charge is 0.495 e. The number of amides is 1. The second kappa shape index (κ2) is 9.96. The number of aromatic amines is 1. The number of carbonyl (C=O) groups excluding carboxylic acids is 2. The zero-order valence-corrected chi connectivity index (χ0v) is 19.8. The van der Waals surface area contributed by atoms with Crippen molar-refractivity contribution >= 4 is 33.3 Å². The normalized spacial score (nSPS) is 11.1. The van der Waals surface area contributed by atoms with Crippen LogP contribution in [-0.2, 0) is 14.8 Å². The Morgan fingerprint density at radius 3 is 2.38 bits per heavy atom. The molecule has 1 amide bonds. The van der Waals surface area contributed by atoms with Crippen molar-refractivity contribution in [2.45, 2.75) is 25.7 Å². The van der Waals surface area contributed by atoms with Gasteiger partial charge < -0.3 is 19.8 Å². The fourth-order valence-corrected chi connectivity index (χ4v) is 4.42. The monoisotopic (exact) mass is 489 g/mol. The van der Waals surface area contributed by atoms with Crippen LogP contribution in [0.2, 0.25) is 0 Å². The molecule has 0 spiro atoms. The van der Waals surface area contributed by atoms with E-state index in [1.807, 2.05) is 0 Å². The van der Waals surface area contributed by atoms with Gasteiger partial charge in [0.15, 0.2) is 0 Å². The zero-order valence-electron chi connectivity index (χ0n) is 19.0. The first kappa shape index (κ1) is 24.8. The molecule has 0 bridgehead atoms. The SMILES string of the molecule is CCOC(=O)c1c(C)[nH]c(C(=O)Nc2ccc(OC)c(NS(=O)(=O)c3ccc(F)cc3)c2)c1C. The maximum atomic E-state index is 13.2. The van der Waals surface area contributed by atoms with Crippen LogP contribution in [0.4, 0.5) is 15.8 Å². The Morgan fingerprint density at radius 2 is 1.76 bits per heavy atom. The molecule has 0 radical (unpaired) electrons. The van der Waals surface area contributed by atoms with Gasteiger partial charge in [-0.15, -0.1) is 0 Å². The lowest BCUT2D eigenvalue weighted by Crippen LogP contribution is -2.16.